The molecule has 0 aromatic carbocycles. The van der Waals surface area contributed by atoms with Gasteiger partial charge in [-0.1, -0.05) is 6.92 Å². The van der Waals surface area contributed by atoms with Crippen LogP contribution in [0.5, 0.6) is 0 Å². The van der Waals surface area contributed by atoms with Crippen molar-refractivity contribution in [2.75, 3.05) is 13.6 Å². The molecule has 0 heterocycles. The van der Waals surface area contributed by atoms with Crippen LogP contribution < -0.4 is 0 Å². The first-order valence-electron chi connectivity index (χ1n) is 4.99. The summed E-state index contributed by atoms with van der Waals surface area (Å²) in [6.07, 6.45) is 3.37. The topological polar surface area (TPSA) is 12.5 Å². The van der Waals surface area contributed by atoms with Crippen LogP contribution in [0.15, 0.2) is 0 Å². The van der Waals surface area contributed by atoms with Crippen molar-refractivity contribution in [2.24, 2.45) is 0 Å². The van der Waals surface area contributed by atoms with Gasteiger partial charge < -0.3 is 9.64 Å². The van der Waals surface area contributed by atoms with Crippen LogP contribution in [-0.4, -0.2) is 36.7 Å². The summed E-state index contributed by atoms with van der Waals surface area (Å²) in [6.45, 7) is 7.57. The van der Waals surface area contributed by atoms with Crippen LogP contribution in [0.1, 0.15) is 33.6 Å². The summed E-state index contributed by atoms with van der Waals surface area (Å²) >= 11 is 0. The fourth-order valence-corrected chi connectivity index (χ4v) is 1.65. The minimum absolute atomic E-state index is 0.392. The summed E-state index contributed by atoms with van der Waals surface area (Å²) in [6, 6.07) is 0.777. The quantitative estimate of drug-likeness (QED) is 0.640. The molecule has 0 saturated heterocycles. The summed E-state index contributed by atoms with van der Waals surface area (Å²) in [7, 11) is 2.19. The fourth-order valence-electron chi connectivity index (χ4n) is 1.65. The maximum Gasteiger partial charge on any atom is 0.0608 e. The molecular weight excluding hydrogens is 150 g/mol. The Balaban J connectivity index is 2.11. The first kappa shape index (κ1) is 10.0. The largest absolute Gasteiger partial charge is 0.375 e. The summed E-state index contributed by atoms with van der Waals surface area (Å²) < 4.78 is 5.68. The van der Waals surface area contributed by atoms with Gasteiger partial charge in [-0.2, -0.15) is 0 Å². The van der Waals surface area contributed by atoms with Gasteiger partial charge in [-0.3, -0.25) is 0 Å². The van der Waals surface area contributed by atoms with E-state index in [0.29, 0.717) is 12.2 Å². The number of hydrogen-bond acceptors (Lipinski definition) is 2. The van der Waals surface area contributed by atoms with Crippen molar-refractivity contribution in [2.45, 2.75) is 51.9 Å². The lowest BCUT2D eigenvalue weighted by Crippen LogP contribution is -2.46. The molecule has 72 valence electrons. The monoisotopic (exact) mass is 171 g/mol. The average Bonchev–Trinajstić information content (AvgIpc) is 1.94. The summed E-state index contributed by atoms with van der Waals surface area (Å²) in [5, 5.41) is 0. The molecule has 1 aliphatic rings. The summed E-state index contributed by atoms with van der Waals surface area (Å²) in [5.74, 6) is 0. The normalized spacial score (nSPS) is 29.5. The van der Waals surface area contributed by atoms with E-state index in [1.165, 1.54) is 12.8 Å². The molecule has 0 radical (unpaired) electrons. The van der Waals surface area contributed by atoms with E-state index in [1.807, 2.05) is 0 Å². The maximum absolute atomic E-state index is 5.68. The van der Waals surface area contributed by atoms with Gasteiger partial charge in [-0.05, 0) is 40.3 Å². The van der Waals surface area contributed by atoms with Crippen LogP contribution >= 0.6 is 0 Å². The predicted molar refractivity (Wildman–Crippen MR) is 51.3 cm³/mol. The highest BCUT2D eigenvalue weighted by Gasteiger charge is 2.32. The Labute approximate surface area is 75.9 Å². The van der Waals surface area contributed by atoms with E-state index < -0.39 is 0 Å². The summed E-state index contributed by atoms with van der Waals surface area (Å²) in [5.41, 5.74) is 0. The van der Waals surface area contributed by atoms with Gasteiger partial charge in [-0.15, -0.1) is 0 Å². The van der Waals surface area contributed by atoms with E-state index in [2.05, 4.69) is 32.7 Å². The Morgan fingerprint density at radius 3 is 2.42 bits per heavy atom. The Hall–Kier alpha value is -0.0800. The second kappa shape index (κ2) is 4.24. The highest BCUT2D eigenvalue weighted by molar-refractivity contribution is 4.86. The van der Waals surface area contributed by atoms with Gasteiger partial charge in [0.1, 0.15) is 0 Å². The molecule has 1 aliphatic carbocycles. The van der Waals surface area contributed by atoms with Crippen LogP contribution in [0.3, 0.4) is 0 Å². The van der Waals surface area contributed by atoms with Gasteiger partial charge in [0, 0.05) is 6.04 Å². The third-order valence-corrected chi connectivity index (χ3v) is 2.66. The minimum atomic E-state index is 0.392. The second-order valence-electron chi connectivity index (χ2n) is 4.01. The average molecular weight is 171 g/mol. The molecule has 0 unspecified atom stereocenters. The molecule has 1 fully saturated rings. The molecule has 1 rings (SSSR count). The minimum Gasteiger partial charge on any atom is -0.375 e. The molecule has 0 aromatic rings. The highest BCUT2D eigenvalue weighted by Crippen LogP contribution is 2.28. The Bertz CT molecular complexity index is 130. The zero-order valence-electron chi connectivity index (χ0n) is 8.71. The van der Waals surface area contributed by atoms with Gasteiger partial charge >= 0.3 is 0 Å². The maximum atomic E-state index is 5.68. The van der Waals surface area contributed by atoms with Crippen molar-refractivity contribution in [3.8, 4) is 0 Å². The Kier molecular flexibility index (Phi) is 3.53. The Morgan fingerprint density at radius 2 is 2.00 bits per heavy atom. The van der Waals surface area contributed by atoms with Gasteiger partial charge in [0.05, 0.1) is 12.2 Å². The van der Waals surface area contributed by atoms with Gasteiger partial charge in [-0.25, -0.2) is 0 Å². The third kappa shape index (κ3) is 2.46. The van der Waals surface area contributed by atoms with Gasteiger partial charge in [0.15, 0.2) is 0 Å². The molecule has 12 heavy (non-hydrogen) atoms. The van der Waals surface area contributed by atoms with E-state index in [1.54, 1.807) is 0 Å². The van der Waals surface area contributed by atoms with Crippen molar-refractivity contribution < 1.29 is 4.74 Å². The standard InChI is InChI=1S/C10H21NO/c1-5-11(4)9-6-10(7-9)12-8(2)3/h8-10H,5-7H2,1-4H3/t9-,10-. The van der Waals surface area contributed by atoms with Crippen molar-refractivity contribution >= 4 is 0 Å². The summed E-state index contributed by atoms with van der Waals surface area (Å²) in [4.78, 5) is 2.40. The number of nitrogens with zero attached hydrogens (tertiary/aromatic N) is 1. The molecule has 2 heteroatoms. The molecule has 0 N–H and O–H groups in total. The van der Waals surface area contributed by atoms with Crippen LogP contribution in [0.4, 0.5) is 0 Å². The molecule has 0 spiro atoms. The number of ether oxygens (including phenoxy) is 1. The number of rotatable bonds is 4. The molecule has 0 aromatic heterocycles. The molecule has 2 nitrogen and oxygen atoms in total. The van der Waals surface area contributed by atoms with E-state index in [4.69, 9.17) is 4.74 Å². The Morgan fingerprint density at radius 1 is 1.42 bits per heavy atom. The van der Waals surface area contributed by atoms with E-state index in [9.17, 15) is 0 Å². The first-order chi connectivity index (χ1) is 5.63. The van der Waals surface area contributed by atoms with Crippen molar-refractivity contribution in [3.05, 3.63) is 0 Å². The third-order valence-electron chi connectivity index (χ3n) is 2.66. The van der Waals surface area contributed by atoms with Crippen LogP contribution in [0, 0.1) is 0 Å². The fraction of sp³-hybridized carbons (Fsp3) is 1.00. The zero-order valence-corrected chi connectivity index (χ0v) is 8.71. The smallest absolute Gasteiger partial charge is 0.0608 e. The zero-order chi connectivity index (χ0) is 9.14. The predicted octanol–water partition coefficient (Wildman–Crippen LogP) is 1.89. The lowest BCUT2D eigenvalue weighted by atomic mass is 9.88. The lowest BCUT2D eigenvalue weighted by Gasteiger charge is -2.41. The van der Waals surface area contributed by atoms with E-state index >= 15 is 0 Å². The highest BCUT2D eigenvalue weighted by atomic mass is 16.5. The van der Waals surface area contributed by atoms with Gasteiger partial charge in [0.25, 0.3) is 0 Å². The second-order valence-corrected chi connectivity index (χ2v) is 4.01. The van der Waals surface area contributed by atoms with Crippen molar-refractivity contribution in [3.63, 3.8) is 0 Å². The molecule has 0 aliphatic heterocycles. The molecule has 0 amide bonds. The van der Waals surface area contributed by atoms with E-state index in [0.717, 1.165) is 12.6 Å². The van der Waals surface area contributed by atoms with Crippen molar-refractivity contribution in [1.82, 2.24) is 4.90 Å². The molecular formula is C10H21NO. The van der Waals surface area contributed by atoms with Crippen LogP contribution in [0.25, 0.3) is 0 Å². The van der Waals surface area contributed by atoms with Crippen LogP contribution in [-0.2, 0) is 4.74 Å². The molecule has 0 bridgehead atoms. The first-order valence-corrected chi connectivity index (χ1v) is 4.99. The SMILES string of the molecule is CCN(C)[C@H]1C[C@H](OC(C)C)C1. The lowest BCUT2D eigenvalue weighted by molar-refractivity contribution is -0.0713. The number of hydrogen-bond donors (Lipinski definition) is 0. The van der Waals surface area contributed by atoms with Crippen LogP contribution in [0.2, 0.25) is 0 Å². The van der Waals surface area contributed by atoms with E-state index in [-0.39, 0.29) is 0 Å². The van der Waals surface area contributed by atoms with Crippen molar-refractivity contribution in [1.29, 1.82) is 0 Å². The van der Waals surface area contributed by atoms with Gasteiger partial charge in [0.2, 0.25) is 0 Å². The molecule has 0 atom stereocenters. The molecule has 1 saturated carbocycles.